The van der Waals surface area contributed by atoms with Gasteiger partial charge in [-0.25, -0.2) is 9.78 Å². The zero-order valence-corrected chi connectivity index (χ0v) is 14.9. The molecule has 0 aromatic carbocycles. The Morgan fingerprint density at radius 3 is 2.40 bits per heavy atom. The van der Waals surface area contributed by atoms with Crippen LogP contribution in [0.2, 0.25) is 0 Å². The molecule has 2 aromatic rings. The van der Waals surface area contributed by atoms with Crippen LogP contribution in [0, 0.1) is 5.92 Å². The topological polar surface area (TPSA) is 91.4 Å². The third-order valence-corrected chi connectivity index (χ3v) is 4.68. The van der Waals surface area contributed by atoms with Crippen molar-refractivity contribution in [3.05, 3.63) is 27.2 Å². The summed E-state index contributed by atoms with van der Waals surface area (Å²) < 4.78 is 9.28. The quantitative estimate of drug-likeness (QED) is 0.744. The molecule has 3 heterocycles. The summed E-state index contributed by atoms with van der Waals surface area (Å²) in [6.07, 6.45) is 1.48. The van der Waals surface area contributed by atoms with E-state index in [4.69, 9.17) is 4.74 Å². The number of nitrogens with zero attached hydrogens (tertiary/aromatic N) is 5. The van der Waals surface area contributed by atoms with E-state index in [1.165, 1.54) is 17.9 Å². The molecule has 25 heavy (non-hydrogen) atoms. The van der Waals surface area contributed by atoms with Gasteiger partial charge in [-0.15, -0.1) is 0 Å². The van der Waals surface area contributed by atoms with Gasteiger partial charge in [0.05, 0.1) is 19.5 Å². The van der Waals surface area contributed by atoms with Crippen molar-refractivity contribution in [1.29, 1.82) is 0 Å². The van der Waals surface area contributed by atoms with Gasteiger partial charge in [0.25, 0.3) is 5.56 Å². The number of aromatic nitrogens is 4. The van der Waals surface area contributed by atoms with Crippen molar-refractivity contribution >= 4 is 17.1 Å². The number of aryl methyl sites for hydroxylation is 1. The third kappa shape index (κ3) is 2.78. The highest BCUT2D eigenvalue weighted by Gasteiger charge is 2.32. The first kappa shape index (κ1) is 17.4. The minimum Gasteiger partial charge on any atom is -0.378 e. The Labute approximate surface area is 144 Å². The lowest BCUT2D eigenvalue weighted by atomic mass is 10.0. The molecule has 9 nitrogen and oxygen atoms in total. The van der Waals surface area contributed by atoms with E-state index in [-0.39, 0.29) is 23.0 Å². The fraction of sp³-hybridized carbons (Fsp3) is 0.625. The lowest BCUT2D eigenvalue weighted by Crippen LogP contribution is -2.46. The zero-order valence-electron chi connectivity index (χ0n) is 14.9. The molecular formula is C16H23N5O4. The number of hydrogen-bond acceptors (Lipinski definition) is 5. The molecule has 0 unspecified atom stereocenters. The Morgan fingerprint density at radius 1 is 1.16 bits per heavy atom. The van der Waals surface area contributed by atoms with Crippen molar-refractivity contribution in [2.75, 3.05) is 26.3 Å². The molecule has 1 saturated heterocycles. The van der Waals surface area contributed by atoms with Gasteiger partial charge >= 0.3 is 5.69 Å². The largest absolute Gasteiger partial charge is 0.378 e. The van der Waals surface area contributed by atoms with E-state index < -0.39 is 17.3 Å². The van der Waals surface area contributed by atoms with E-state index in [0.29, 0.717) is 26.3 Å². The zero-order chi connectivity index (χ0) is 18.3. The second-order valence-corrected chi connectivity index (χ2v) is 6.66. The second kappa shape index (κ2) is 6.47. The molecule has 0 bridgehead atoms. The van der Waals surface area contributed by atoms with Crippen LogP contribution < -0.4 is 11.2 Å². The lowest BCUT2D eigenvalue weighted by Gasteiger charge is -2.32. The Hall–Kier alpha value is -2.42. The van der Waals surface area contributed by atoms with Crippen LogP contribution in [0.4, 0.5) is 0 Å². The van der Waals surface area contributed by atoms with E-state index in [9.17, 15) is 14.4 Å². The normalized spacial score (nSPS) is 16.6. The van der Waals surface area contributed by atoms with Crippen molar-refractivity contribution < 1.29 is 9.53 Å². The van der Waals surface area contributed by atoms with Gasteiger partial charge in [-0.2, -0.15) is 0 Å². The van der Waals surface area contributed by atoms with Crippen molar-refractivity contribution in [1.82, 2.24) is 23.6 Å². The van der Waals surface area contributed by atoms with Crippen molar-refractivity contribution in [2.24, 2.45) is 20.0 Å². The van der Waals surface area contributed by atoms with Crippen LogP contribution in [-0.4, -0.2) is 55.8 Å². The number of amides is 1. The Bertz CT molecular complexity index is 917. The minimum atomic E-state index is -0.562. The molecule has 0 saturated carbocycles. The number of imidazole rings is 1. The number of rotatable bonds is 3. The molecule has 0 aliphatic carbocycles. The van der Waals surface area contributed by atoms with E-state index in [2.05, 4.69) is 4.98 Å². The molecule has 1 aliphatic heterocycles. The Balaban J connectivity index is 2.16. The Morgan fingerprint density at radius 2 is 1.80 bits per heavy atom. The number of carbonyl (C=O) groups is 1. The first-order valence-electron chi connectivity index (χ1n) is 8.33. The monoisotopic (exact) mass is 349 g/mol. The molecule has 9 heteroatoms. The highest BCUT2D eigenvalue weighted by molar-refractivity contribution is 5.83. The molecule has 0 N–H and O–H groups in total. The average Bonchev–Trinajstić information content (AvgIpc) is 3.03. The molecule has 1 atom stereocenters. The summed E-state index contributed by atoms with van der Waals surface area (Å²) in [7, 11) is 2.99. The van der Waals surface area contributed by atoms with E-state index >= 15 is 0 Å². The van der Waals surface area contributed by atoms with Gasteiger partial charge in [0, 0.05) is 27.2 Å². The van der Waals surface area contributed by atoms with Crippen molar-refractivity contribution in [2.45, 2.75) is 19.9 Å². The summed E-state index contributed by atoms with van der Waals surface area (Å²) in [5.41, 5.74) is -0.335. The standard InChI is InChI=1S/C16H23N5O4/c1-10(2)11(15(23)20-5-7-25-8-6-20)21-9-17-13-12(21)14(22)19(4)16(24)18(13)3/h9-11H,5-8H2,1-4H3/t11-/m0/s1. The second-order valence-electron chi connectivity index (χ2n) is 6.66. The smallest absolute Gasteiger partial charge is 0.332 e. The lowest BCUT2D eigenvalue weighted by molar-refractivity contribution is -0.140. The fourth-order valence-corrected chi connectivity index (χ4v) is 3.27. The highest BCUT2D eigenvalue weighted by Crippen LogP contribution is 2.24. The van der Waals surface area contributed by atoms with Gasteiger partial charge in [-0.1, -0.05) is 13.8 Å². The first-order valence-corrected chi connectivity index (χ1v) is 8.33. The summed E-state index contributed by atoms with van der Waals surface area (Å²) in [6.45, 7) is 5.95. The molecule has 2 aromatic heterocycles. The predicted octanol–water partition coefficient (Wildman–Crippen LogP) is -0.510. The van der Waals surface area contributed by atoms with Crippen molar-refractivity contribution in [3.8, 4) is 0 Å². The van der Waals surface area contributed by atoms with Crippen LogP contribution >= 0.6 is 0 Å². The molecule has 1 fully saturated rings. The summed E-state index contributed by atoms with van der Waals surface area (Å²) in [6, 6.07) is -0.562. The minimum absolute atomic E-state index is 0.0466. The summed E-state index contributed by atoms with van der Waals surface area (Å²) in [4.78, 5) is 43.8. The maximum absolute atomic E-state index is 13.1. The summed E-state index contributed by atoms with van der Waals surface area (Å²) in [5.74, 6) is -0.108. The van der Waals surface area contributed by atoms with Gasteiger partial charge in [0.2, 0.25) is 5.91 Å². The van der Waals surface area contributed by atoms with Crippen LogP contribution in [-0.2, 0) is 23.6 Å². The van der Waals surface area contributed by atoms with Crippen LogP contribution in [0.1, 0.15) is 19.9 Å². The number of carbonyl (C=O) groups excluding carboxylic acids is 1. The maximum Gasteiger partial charge on any atom is 0.332 e. The molecule has 0 spiro atoms. The number of ether oxygens (including phenoxy) is 1. The van der Waals surface area contributed by atoms with Crippen LogP contribution in [0.5, 0.6) is 0 Å². The average molecular weight is 349 g/mol. The van der Waals surface area contributed by atoms with Crippen LogP contribution in [0.3, 0.4) is 0 Å². The SMILES string of the molecule is CC(C)[C@@H](C(=O)N1CCOCC1)n1cnc2c1c(=O)n(C)c(=O)n2C. The van der Waals surface area contributed by atoms with Gasteiger partial charge < -0.3 is 14.2 Å². The molecule has 1 amide bonds. The van der Waals surface area contributed by atoms with Crippen LogP contribution in [0.15, 0.2) is 15.9 Å². The van der Waals surface area contributed by atoms with Crippen LogP contribution in [0.25, 0.3) is 11.2 Å². The highest BCUT2D eigenvalue weighted by atomic mass is 16.5. The molecule has 3 rings (SSSR count). The molecular weight excluding hydrogens is 326 g/mol. The maximum atomic E-state index is 13.1. The molecule has 136 valence electrons. The van der Waals surface area contributed by atoms with E-state index in [0.717, 1.165) is 4.57 Å². The summed E-state index contributed by atoms with van der Waals surface area (Å²) in [5, 5.41) is 0. The third-order valence-electron chi connectivity index (χ3n) is 4.68. The predicted molar refractivity (Wildman–Crippen MR) is 91.5 cm³/mol. The molecule has 0 radical (unpaired) electrons. The van der Waals surface area contributed by atoms with E-state index in [1.807, 2.05) is 13.8 Å². The molecule has 1 aliphatic rings. The van der Waals surface area contributed by atoms with E-state index in [1.54, 1.807) is 16.5 Å². The first-order chi connectivity index (χ1) is 11.8. The Kier molecular flexibility index (Phi) is 4.51. The van der Waals surface area contributed by atoms with Gasteiger partial charge in [0.1, 0.15) is 6.04 Å². The fourth-order valence-electron chi connectivity index (χ4n) is 3.27. The number of hydrogen-bond donors (Lipinski definition) is 0. The van der Waals surface area contributed by atoms with Gasteiger partial charge in [0.15, 0.2) is 11.2 Å². The summed E-state index contributed by atoms with van der Waals surface area (Å²) >= 11 is 0. The number of morpholine rings is 1. The van der Waals surface area contributed by atoms with Gasteiger partial charge in [-0.3, -0.25) is 18.7 Å². The number of fused-ring (bicyclic) bond motifs is 1. The van der Waals surface area contributed by atoms with Crippen molar-refractivity contribution in [3.63, 3.8) is 0 Å². The van der Waals surface area contributed by atoms with Gasteiger partial charge in [-0.05, 0) is 5.92 Å².